The summed E-state index contributed by atoms with van der Waals surface area (Å²) in [5.41, 5.74) is 2.71. The lowest BCUT2D eigenvalue weighted by Gasteiger charge is -2.25. The van der Waals surface area contributed by atoms with Gasteiger partial charge < -0.3 is 4.98 Å². The average Bonchev–Trinajstić information content (AvgIpc) is 3.17. The number of nitrogens with one attached hydrogen (secondary N) is 1. The predicted octanol–water partition coefficient (Wildman–Crippen LogP) is 2.63. The number of carbonyl (C=O) groups is 2. The fraction of sp³-hybridized carbons (Fsp3) is 0.261. The molecule has 2 aliphatic heterocycles. The molecule has 2 saturated heterocycles. The minimum Gasteiger partial charge on any atom is -0.321 e. The molecule has 2 aliphatic rings. The highest BCUT2D eigenvalue weighted by Gasteiger charge is 2.57. The van der Waals surface area contributed by atoms with Crippen LogP contribution < -0.4 is 10.5 Å². The van der Waals surface area contributed by atoms with Gasteiger partial charge in [-0.15, -0.1) is 0 Å². The van der Waals surface area contributed by atoms with E-state index in [0.717, 1.165) is 16.5 Å². The summed E-state index contributed by atoms with van der Waals surface area (Å²) in [6, 6.07) is 16.3. The first-order valence-electron chi connectivity index (χ1n) is 9.73. The van der Waals surface area contributed by atoms with Gasteiger partial charge in [0, 0.05) is 12.1 Å². The largest absolute Gasteiger partial charge is 0.321 e. The summed E-state index contributed by atoms with van der Waals surface area (Å²) >= 11 is 0. The molecule has 0 radical (unpaired) electrons. The number of benzene rings is 2. The van der Waals surface area contributed by atoms with Crippen molar-refractivity contribution in [1.29, 1.82) is 0 Å². The lowest BCUT2D eigenvalue weighted by atomic mass is 9.88. The van der Waals surface area contributed by atoms with Crippen LogP contribution in [0.5, 0.6) is 0 Å². The monoisotopic (exact) mass is 387 g/mol. The lowest BCUT2D eigenvalue weighted by Crippen LogP contribution is -2.37. The number of H-pyrrole nitrogens is 1. The van der Waals surface area contributed by atoms with Gasteiger partial charge in [-0.25, -0.2) is 4.90 Å². The van der Waals surface area contributed by atoms with Crippen LogP contribution in [0.4, 0.5) is 5.69 Å². The molecule has 0 saturated carbocycles. The first-order chi connectivity index (χ1) is 14.0. The first-order valence-corrected chi connectivity index (χ1v) is 9.73. The fourth-order valence-electron chi connectivity index (χ4n) is 4.88. The molecule has 3 aromatic rings. The highest BCUT2D eigenvalue weighted by atomic mass is 16.2. The van der Waals surface area contributed by atoms with Gasteiger partial charge in [-0.2, -0.15) is 0 Å². The second-order valence-corrected chi connectivity index (χ2v) is 7.96. The van der Waals surface area contributed by atoms with Crippen LogP contribution in [0, 0.1) is 18.8 Å². The Hall–Kier alpha value is -3.25. The van der Waals surface area contributed by atoms with Crippen molar-refractivity contribution in [3.05, 3.63) is 76.1 Å². The molecular weight excluding hydrogens is 366 g/mol. The van der Waals surface area contributed by atoms with Crippen LogP contribution in [-0.4, -0.2) is 35.3 Å². The Morgan fingerprint density at radius 2 is 1.72 bits per heavy atom. The Balaban J connectivity index is 1.61. The van der Waals surface area contributed by atoms with Crippen molar-refractivity contribution in [2.75, 3.05) is 18.5 Å². The quantitative estimate of drug-likeness (QED) is 0.686. The fourth-order valence-corrected chi connectivity index (χ4v) is 4.88. The van der Waals surface area contributed by atoms with E-state index in [9.17, 15) is 14.4 Å². The number of aromatic nitrogens is 1. The molecule has 3 atom stereocenters. The van der Waals surface area contributed by atoms with E-state index in [4.69, 9.17) is 0 Å². The number of fused-ring (bicyclic) bond motifs is 2. The zero-order valence-electron chi connectivity index (χ0n) is 16.3. The van der Waals surface area contributed by atoms with E-state index in [1.807, 2.05) is 61.3 Å². The van der Waals surface area contributed by atoms with Crippen LogP contribution in [0.3, 0.4) is 0 Å². The number of amides is 2. The number of pyridine rings is 1. The molecule has 1 N–H and O–H groups in total. The summed E-state index contributed by atoms with van der Waals surface area (Å²) in [4.78, 5) is 45.6. The molecular formula is C23H21N3O3. The second-order valence-electron chi connectivity index (χ2n) is 7.96. The number of hydrogen-bond acceptors (Lipinski definition) is 4. The normalized spacial score (nSPS) is 24.5. The topological polar surface area (TPSA) is 73.5 Å². The molecule has 0 aliphatic carbocycles. The molecule has 3 heterocycles. The summed E-state index contributed by atoms with van der Waals surface area (Å²) in [6.45, 7) is 2.40. The van der Waals surface area contributed by atoms with Gasteiger partial charge >= 0.3 is 0 Å². The van der Waals surface area contributed by atoms with Crippen molar-refractivity contribution in [2.24, 2.45) is 11.8 Å². The SMILES string of the molecule is Cc1cccc2cc([C@H]3[C@H]4C(=O)N(c5ccccc5)C(=O)[C@H]4CN3C)c(=O)[nH]c12. The van der Waals surface area contributed by atoms with E-state index in [1.165, 1.54) is 4.90 Å². The van der Waals surface area contributed by atoms with E-state index in [1.54, 1.807) is 12.1 Å². The molecule has 2 amide bonds. The lowest BCUT2D eigenvalue weighted by molar-refractivity contribution is -0.123. The van der Waals surface area contributed by atoms with Crippen molar-refractivity contribution in [2.45, 2.75) is 13.0 Å². The smallest absolute Gasteiger partial charge is 0.253 e. The Kier molecular flexibility index (Phi) is 3.93. The van der Waals surface area contributed by atoms with Gasteiger partial charge in [0.15, 0.2) is 0 Å². The zero-order chi connectivity index (χ0) is 20.3. The van der Waals surface area contributed by atoms with Crippen LogP contribution >= 0.6 is 0 Å². The van der Waals surface area contributed by atoms with Gasteiger partial charge in [0.1, 0.15) is 0 Å². The van der Waals surface area contributed by atoms with Gasteiger partial charge in [0.25, 0.3) is 5.56 Å². The third kappa shape index (κ3) is 2.56. The molecule has 5 rings (SSSR count). The van der Waals surface area contributed by atoms with Crippen LogP contribution in [-0.2, 0) is 9.59 Å². The van der Waals surface area contributed by atoms with Crippen LogP contribution in [0.25, 0.3) is 10.9 Å². The van der Waals surface area contributed by atoms with Crippen molar-refractivity contribution in [1.82, 2.24) is 9.88 Å². The van der Waals surface area contributed by atoms with E-state index >= 15 is 0 Å². The molecule has 1 aromatic heterocycles. The molecule has 6 nitrogen and oxygen atoms in total. The Morgan fingerprint density at radius 1 is 0.966 bits per heavy atom. The Bertz CT molecular complexity index is 1200. The number of imide groups is 1. The van der Waals surface area contributed by atoms with Crippen LogP contribution in [0.1, 0.15) is 17.2 Å². The van der Waals surface area contributed by atoms with Crippen LogP contribution in [0.15, 0.2) is 59.4 Å². The summed E-state index contributed by atoms with van der Waals surface area (Å²) in [7, 11) is 1.87. The highest BCUT2D eigenvalue weighted by Crippen LogP contribution is 2.46. The average molecular weight is 387 g/mol. The Morgan fingerprint density at radius 3 is 2.48 bits per heavy atom. The maximum atomic E-state index is 13.3. The van der Waals surface area contributed by atoms with Crippen molar-refractivity contribution in [3.63, 3.8) is 0 Å². The molecule has 146 valence electrons. The van der Waals surface area contributed by atoms with Crippen molar-refractivity contribution < 1.29 is 9.59 Å². The number of para-hydroxylation sites is 2. The number of hydrogen-bond donors (Lipinski definition) is 1. The first kappa shape index (κ1) is 17.8. The number of anilines is 1. The number of carbonyl (C=O) groups excluding carboxylic acids is 2. The summed E-state index contributed by atoms with van der Waals surface area (Å²) in [5, 5.41) is 0.924. The molecule has 0 unspecified atom stereocenters. The molecule has 0 spiro atoms. The van der Waals surface area contributed by atoms with Gasteiger partial charge in [-0.3, -0.25) is 19.3 Å². The molecule has 2 aromatic carbocycles. The van der Waals surface area contributed by atoms with E-state index in [0.29, 0.717) is 17.8 Å². The summed E-state index contributed by atoms with van der Waals surface area (Å²) in [5.74, 6) is -1.42. The predicted molar refractivity (Wildman–Crippen MR) is 111 cm³/mol. The third-order valence-electron chi connectivity index (χ3n) is 6.23. The highest BCUT2D eigenvalue weighted by molar-refractivity contribution is 6.22. The summed E-state index contributed by atoms with van der Waals surface area (Å²) < 4.78 is 0. The third-order valence-corrected chi connectivity index (χ3v) is 6.23. The molecule has 6 heteroatoms. The van der Waals surface area contributed by atoms with E-state index in [-0.39, 0.29) is 17.4 Å². The van der Waals surface area contributed by atoms with E-state index < -0.39 is 17.9 Å². The maximum Gasteiger partial charge on any atom is 0.253 e. The Labute approximate surface area is 167 Å². The van der Waals surface area contributed by atoms with Gasteiger partial charge in [0.2, 0.25) is 11.8 Å². The molecule has 0 bridgehead atoms. The minimum absolute atomic E-state index is 0.186. The van der Waals surface area contributed by atoms with Crippen molar-refractivity contribution in [3.8, 4) is 0 Å². The van der Waals surface area contributed by atoms with Crippen LogP contribution in [0.2, 0.25) is 0 Å². The number of nitrogens with zero attached hydrogens (tertiary/aromatic N) is 2. The minimum atomic E-state index is -0.559. The van der Waals surface area contributed by atoms with Gasteiger partial charge in [0.05, 0.1) is 29.1 Å². The number of rotatable bonds is 2. The molecule has 2 fully saturated rings. The maximum absolute atomic E-state index is 13.3. The van der Waals surface area contributed by atoms with Gasteiger partial charge in [-0.05, 0) is 43.1 Å². The number of likely N-dealkylation sites (tertiary alicyclic amines) is 1. The van der Waals surface area contributed by atoms with Gasteiger partial charge in [-0.1, -0.05) is 36.4 Å². The number of aromatic amines is 1. The zero-order valence-corrected chi connectivity index (χ0v) is 16.3. The summed E-state index contributed by atoms with van der Waals surface area (Å²) in [6.07, 6.45) is 0. The standard InChI is InChI=1S/C23H21N3O3/c1-13-7-6-8-14-11-16(21(27)24-19(13)14)20-18-17(12-25(20)2)22(28)26(23(18)29)15-9-4-3-5-10-15/h3-11,17-18,20H,12H2,1-2H3,(H,24,27)/t17-,18-,20-/m0/s1. The van der Waals surface area contributed by atoms with Crippen molar-refractivity contribution >= 4 is 28.4 Å². The number of aryl methyl sites for hydroxylation is 1. The van der Waals surface area contributed by atoms with E-state index in [2.05, 4.69) is 4.98 Å². The molecule has 29 heavy (non-hydrogen) atoms. The second kappa shape index (κ2) is 6.39.